The van der Waals surface area contributed by atoms with Gasteiger partial charge in [0.25, 0.3) is 11.8 Å². The van der Waals surface area contributed by atoms with Gasteiger partial charge in [-0.15, -0.1) is 0 Å². The summed E-state index contributed by atoms with van der Waals surface area (Å²) in [7, 11) is 0. The number of carbonyl (C=O) groups excluding carboxylic acids is 4. The molecule has 4 rings (SSSR count). The Morgan fingerprint density at radius 3 is 1.54 bits per heavy atom. The number of halogens is 2. The third kappa shape index (κ3) is 8.84. The molecule has 0 heterocycles. The van der Waals surface area contributed by atoms with Crippen LogP contribution in [0.15, 0.2) is 93.3 Å². The number of amides is 2. The molecule has 0 spiro atoms. The molecule has 2 unspecified atom stereocenters. The maximum atomic E-state index is 12.9. The Morgan fingerprint density at radius 2 is 1.08 bits per heavy atom. The van der Waals surface area contributed by atoms with Crippen LogP contribution < -0.4 is 10.6 Å². The van der Waals surface area contributed by atoms with Gasteiger partial charge >= 0.3 is 0 Å². The Balaban J connectivity index is 1.47. The molecule has 0 aliphatic rings. The second kappa shape index (κ2) is 15.7. The van der Waals surface area contributed by atoms with Crippen LogP contribution in [-0.2, 0) is 19.2 Å². The highest BCUT2D eigenvalue weighted by atomic mass is 35.5. The SMILES string of the molecule is CC(=O)C(N=Nc1ccc(-c2ccc(N=NC(C(C)=O)C(=O)Nc3ccc(C)cc3C)c(Cl)c2Cl)cc1)C(=O)Nc1ccc(C)cc1C. The highest BCUT2D eigenvalue weighted by Gasteiger charge is 2.25. The lowest BCUT2D eigenvalue weighted by atomic mass is 10.0. The van der Waals surface area contributed by atoms with Crippen LogP contribution in [0.4, 0.5) is 22.7 Å². The van der Waals surface area contributed by atoms with Crippen LogP contribution in [0.3, 0.4) is 0 Å². The number of nitrogens with one attached hydrogen (secondary N) is 2. The van der Waals surface area contributed by atoms with E-state index in [1.165, 1.54) is 13.8 Å². The van der Waals surface area contributed by atoms with Crippen molar-refractivity contribution in [2.24, 2.45) is 20.5 Å². The summed E-state index contributed by atoms with van der Waals surface area (Å²) < 4.78 is 0. The van der Waals surface area contributed by atoms with Gasteiger partial charge in [0.05, 0.1) is 15.7 Å². The van der Waals surface area contributed by atoms with E-state index >= 15 is 0 Å². The number of hydrogen-bond acceptors (Lipinski definition) is 8. The van der Waals surface area contributed by atoms with Gasteiger partial charge in [0.2, 0.25) is 12.1 Å². The second-order valence-electron chi connectivity index (χ2n) is 11.4. The molecule has 48 heavy (non-hydrogen) atoms. The molecular formula is C36H34Cl2N6O4. The number of anilines is 2. The zero-order valence-corrected chi connectivity index (χ0v) is 28.8. The third-order valence-corrected chi connectivity index (χ3v) is 8.23. The minimum atomic E-state index is -1.39. The first-order valence-electron chi connectivity index (χ1n) is 14.9. The van der Waals surface area contributed by atoms with Crippen molar-refractivity contribution in [3.63, 3.8) is 0 Å². The maximum absolute atomic E-state index is 12.9. The molecule has 0 saturated carbocycles. The fraction of sp³-hybridized carbons (Fsp3) is 0.222. The molecule has 0 fully saturated rings. The largest absolute Gasteiger partial charge is 0.324 e. The highest BCUT2D eigenvalue weighted by Crippen LogP contribution is 2.40. The van der Waals surface area contributed by atoms with Crippen LogP contribution in [0.25, 0.3) is 11.1 Å². The quantitative estimate of drug-likeness (QED) is 0.120. The fourth-order valence-electron chi connectivity index (χ4n) is 4.74. The summed E-state index contributed by atoms with van der Waals surface area (Å²) in [5.41, 5.74) is 6.82. The predicted octanol–water partition coefficient (Wildman–Crippen LogP) is 9.25. The van der Waals surface area contributed by atoms with Crippen molar-refractivity contribution in [2.75, 3.05) is 10.6 Å². The Hall–Kier alpha value is -5.06. The Bertz CT molecular complexity index is 1960. The van der Waals surface area contributed by atoms with E-state index in [1.807, 2.05) is 52.0 Å². The Morgan fingerprint density at radius 1 is 0.604 bits per heavy atom. The number of nitrogens with zero attached hydrogens (tertiary/aromatic N) is 4. The van der Waals surface area contributed by atoms with Crippen molar-refractivity contribution < 1.29 is 19.2 Å². The lowest BCUT2D eigenvalue weighted by molar-refractivity contribution is -0.127. The molecule has 12 heteroatoms. The lowest BCUT2D eigenvalue weighted by Gasteiger charge is -2.12. The van der Waals surface area contributed by atoms with E-state index in [4.69, 9.17) is 23.2 Å². The molecule has 0 aliphatic carbocycles. The van der Waals surface area contributed by atoms with Crippen LogP contribution in [0.5, 0.6) is 0 Å². The van der Waals surface area contributed by atoms with E-state index < -0.39 is 35.5 Å². The standard InChI is InChI=1S/C36H34Cl2N6O4/c1-19-7-14-28(21(3)17-19)39-35(47)33(23(5)45)43-41-26-11-9-25(10-12-26)27-13-16-30(32(38)31(27)37)42-44-34(24(6)46)36(48)40-29-15-8-20(2)18-22(29)4/h7-18,33-34H,1-6H3,(H,39,47)(H,40,48). The van der Waals surface area contributed by atoms with Crippen LogP contribution in [0.2, 0.25) is 10.0 Å². The first kappa shape index (κ1) is 35.8. The van der Waals surface area contributed by atoms with E-state index in [2.05, 4.69) is 31.1 Å². The van der Waals surface area contributed by atoms with Gasteiger partial charge in [-0.2, -0.15) is 20.5 Å². The van der Waals surface area contributed by atoms with Crippen molar-refractivity contribution in [3.05, 3.63) is 105 Å². The van der Waals surface area contributed by atoms with Gasteiger partial charge < -0.3 is 10.6 Å². The van der Waals surface area contributed by atoms with Gasteiger partial charge in [0.1, 0.15) is 5.69 Å². The predicted molar refractivity (Wildman–Crippen MR) is 189 cm³/mol. The molecule has 2 amide bonds. The fourth-order valence-corrected chi connectivity index (χ4v) is 5.21. The summed E-state index contributed by atoms with van der Waals surface area (Å²) in [4.78, 5) is 50.2. The average molecular weight is 686 g/mol. The number of benzene rings is 4. The number of hydrogen-bond donors (Lipinski definition) is 2. The molecule has 0 aliphatic heterocycles. The number of rotatable bonds is 11. The average Bonchev–Trinajstić information content (AvgIpc) is 3.02. The van der Waals surface area contributed by atoms with Gasteiger partial charge in [-0.25, -0.2) is 0 Å². The molecule has 0 radical (unpaired) electrons. The van der Waals surface area contributed by atoms with E-state index in [9.17, 15) is 19.2 Å². The summed E-state index contributed by atoms with van der Waals surface area (Å²) in [5.74, 6) is -2.14. The minimum absolute atomic E-state index is 0.0814. The van der Waals surface area contributed by atoms with Gasteiger partial charge in [-0.1, -0.05) is 76.8 Å². The van der Waals surface area contributed by atoms with Crippen molar-refractivity contribution in [2.45, 2.75) is 53.6 Å². The molecule has 2 atom stereocenters. The summed E-state index contributed by atoms with van der Waals surface area (Å²) >= 11 is 13.1. The number of aryl methyl sites for hydroxylation is 4. The minimum Gasteiger partial charge on any atom is -0.324 e. The van der Waals surface area contributed by atoms with Gasteiger partial charge in [0.15, 0.2) is 11.6 Å². The van der Waals surface area contributed by atoms with E-state index in [1.54, 1.807) is 48.5 Å². The monoisotopic (exact) mass is 684 g/mol. The Labute approximate surface area is 288 Å². The maximum Gasteiger partial charge on any atom is 0.258 e. The third-order valence-electron chi connectivity index (χ3n) is 7.36. The lowest BCUT2D eigenvalue weighted by Crippen LogP contribution is -2.32. The van der Waals surface area contributed by atoms with Gasteiger partial charge in [-0.05, 0) is 88.6 Å². The number of azo groups is 2. The van der Waals surface area contributed by atoms with Crippen LogP contribution >= 0.6 is 23.2 Å². The normalized spacial score (nSPS) is 12.6. The first-order valence-corrected chi connectivity index (χ1v) is 15.7. The van der Waals surface area contributed by atoms with Crippen molar-refractivity contribution in [1.29, 1.82) is 0 Å². The summed E-state index contributed by atoms with van der Waals surface area (Å²) in [6.07, 6.45) is 0. The highest BCUT2D eigenvalue weighted by molar-refractivity contribution is 6.45. The molecule has 4 aromatic carbocycles. The summed E-state index contributed by atoms with van der Waals surface area (Å²) in [6, 6.07) is 18.4. The van der Waals surface area contributed by atoms with Crippen LogP contribution in [-0.4, -0.2) is 35.5 Å². The molecular weight excluding hydrogens is 651 g/mol. The smallest absolute Gasteiger partial charge is 0.258 e. The van der Waals surface area contributed by atoms with Crippen LogP contribution in [0.1, 0.15) is 36.1 Å². The van der Waals surface area contributed by atoms with Gasteiger partial charge in [-0.3, -0.25) is 19.2 Å². The zero-order chi connectivity index (χ0) is 35.1. The molecule has 0 bridgehead atoms. The molecule has 4 aromatic rings. The first-order chi connectivity index (χ1) is 22.7. The van der Waals surface area contributed by atoms with Gasteiger partial charge in [0, 0.05) is 16.9 Å². The zero-order valence-electron chi connectivity index (χ0n) is 27.3. The molecule has 2 N–H and O–H groups in total. The van der Waals surface area contributed by atoms with E-state index in [0.717, 1.165) is 22.3 Å². The molecule has 0 aromatic heterocycles. The summed E-state index contributed by atoms with van der Waals surface area (Å²) in [6.45, 7) is 10.2. The topological polar surface area (TPSA) is 142 Å². The van der Waals surface area contributed by atoms with Crippen molar-refractivity contribution in [3.8, 4) is 11.1 Å². The van der Waals surface area contributed by atoms with Crippen molar-refractivity contribution >= 4 is 69.3 Å². The Kier molecular flexibility index (Phi) is 11.7. The summed E-state index contributed by atoms with van der Waals surface area (Å²) in [5, 5.41) is 21.9. The second-order valence-corrected chi connectivity index (χ2v) is 12.1. The molecule has 246 valence electrons. The number of ketones is 2. The van der Waals surface area contributed by atoms with E-state index in [-0.39, 0.29) is 15.7 Å². The number of Topliss-reactive ketones (excluding diaryl/α,β-unsaturated/α-hetero) is 2. The molecule has 10 nitrogen and oxygen atoms in total. The molecule has 0 saturated heterocycles. The van der Waals surface area contributed by atoms with E-state index in [0.29, 0.717) is 28.2 Å². The van der Waals surface area contributed by atoms with Crippen molar-refractivity contribution in [1.82, 2.24) is 0 Å². The van der Waals surface area contributed by atoms with Crippen LogP contribution in [0, 0.1) is 27.7 Å². The number of carbonyl (C=O) groups is 4.